The van der Waals surface area contributed by atoms with Gasteiger partial charge in [-0.05, 0) is 30.7 Å². The fourth-order valence-electron chi connectivity index (χ4n) is 1.24. The van der Waals surface area contributed by atoms with Crippen molar-refractivity contribution in [1.82, 2.24) is 5.32 Å². The molecule has 0 aliphatic heterocycles. The van der Waals surface area contributed by atoms with E-state index in [1.807, 2.05) is 24.3 Å². The molecule has 4 nitrogen and oxygen atoms in total. The Bertz CT molecular complexity index is 340. The number of amides is 1. The first kappa shape index (κ1) is 13.0. The minimum Gasteiger partial charge on any atom is -0.368 e. The summed E-state index contributed by atoms with van der Waals surface area (Å²) < 4.78 is 0. The Labute approximate surface area is 100.0 Å². The molecule has 5 N–H and O–H groups in total. The highest BCUT2D eigenvalue weighted by Crippen LogP contribution is 2.09. The van der Waals surface area contributed by atoms with E-state index >= 15 is 0 Å². The summed E-state index contributed by atoms with van der Waals surface area (Å²) in [6.07, 6.45) is 0.864. The second-order valence-electron chi connectivity index (χ2n) is 3.59. The number of benzene rings is 1. The highest BCUT2D eigenvalue weighted by Gasteiger charge is 2.07. The molecule has 1 aromatic rings. The number of hydrogen-bond donors (Lipinski definition) is 3. The Morgan fingerprint density at radius 2 is 2.00 bits per heavy atom. The molecule has 0 fully saturated rings. The normalized spacial score (nSPS) is 12.4. The van der Waals surface area contributed by atoms with Crippen LogP contribution in [0, 0.1) is 0 Å². The van der Waals surface area contributed by atoms with Gasteiger partial charge in [0.25, 0.3) is 0 Å². The van der Waals surface area contributed by atoms with Crippen LogP contribution in [-0.2, 0) is 11.2 Å². The molecule has 5 heteroatoms. The largest absolute Gasteiger partial charge is 0.368 e. The number of primary amides is 1. The molecule has 0 radical (unpaired) electrons. The third-order valence-electron chi connectivity index (χ3n) is 2.23. The highest BCUT2D eigenvalue weighted by atomic mass is 35.5. The summed E-state index contributed by atoms with van der Waals surface area (Å²) in [4.78, 5) is 10.6. The summed E-state index contributed by atoms with van der Waals surface area (Å²) in [6.45, 7) is 1.16. The van der Waals surface area contributed by atoms with Crippen LogP contribution < -0.4 is 16.8 Å². The SMILES string of the molecule is NC(=O)C(N)CNCCc1ccc(Cl)cc1. The number of carbonyl (C=O) groups is 1. The predicted octanol–water partition coefficient (Wildman–Crippen LogP) is 0.285. The van der Waals surface area contributed by atoms with Gasteiger partial charge in [-0.2, -0.15) is 0 Å². The molecular formula is C11H16ClN3O. The van der Waals surface area contributed by atoms with Gasteiger partial charge in [0.15, 0.2) is 0 Å². The zero-order valence-electron chi connectivity index (χ0n) is 8.95. The fraction of sp³-hybridized carbons (Fsp3) is 0.364. The molecule has 16 heavy (non-hydrogen) atoms. The minimum absolute atomic E-state index is 0.406. The predicted molar refractivity (Wildman–Crippen MR) is 65.2 cm³/mol. The van der Waals surface area contributed by atoms with Gasteiger partial charge in [-0.15, -0.1) is 0 Å². The van der Waals surface area contributed by atoms with Crippen LogP contribution in [0.1, 0.15) is 5.56 Å². The van der Waals surface area contributed by atoms with E-state index in [0.717, 1.165) is 18.0 Å². The lowest BCUT2D eigenvalue weighted by atomic mass is 10.1. The van der Waals surface area contributed by atoms with Crippen LogP contribution in [0.4, 0.5) is 0 Å². The van der Waals surface area contributed by atoms with E-state index in [-0.39, 0.29) is 0 Å². The first-order valence-corrected chi connectivity index (χ1v) is 5.47. The molecule has 0 aliphatic rings. The monoisotopic (exact) mass is 241 g/mol. The molecule has 0 heterocycles. The van der Waals surface area contributed by atoms with E-state index in [9.17, 15) is 4.79 Å². The van der Waals surface area contributed by atoms with Gasteiger partial charge in [0, 0.05) is 11.6 Å². The molecule has 1 unspecified atom stereocenters. The molecule has 0 aromatic heterocycles. The number of carbonyl (C=O) groups excluding carboxylic acids is 1. The Hall–Kier alpha value is -1.10. The van der Waals surface area contributed by atoms with Gasteiger partial charge in [0.1, 0.15) is 0 Å². The molecule has 0 saturated carbocycles. The fourth-order valence-corrected chi connectivity index (χ4v) is 1.37. The van der Waals surface area contributed by atoms with Crippen LogP contribution in [-0.4, -0.2) is 25.0 Å². The van der Waals surface area contributed by atoms with E-state index in [1.165, 1.54) is 5.56 Å². The number of nitrogens with two attached hydrogens (primary N) is 2. The van der Waals surface area contributed by atoms with E-state index in [4.69, 9.17) is 23.1 Å². The number of halogens is 1. The van der Waals surface area contributed by atoms with Gasteiger partial charge >= 0.3 is 0 Å². The maximum atomic E-state index is 10.6. The molecule has 0 aliphatic carbocycles. The summed E-state index contributed by atoms with van der Waals surface area (Å²) in [7, 11) is 0. The van der Waals surface area contributed by atoms with Crippen molar-refractivity contribution in [3.63, 3.8) is 0 Å². The van der Waals surface area contributed by atoms with Crippen LogP contribution in [0.2, 0.25) is 5.02 Å². The number of rotatable bonds is 6. The summed E-state index contributed by atoms with van der Waals surface area (Å²) in [6, 6.07) is 7.03. The minimum atomic E-state index is -0.620. The van der Waals surface area contributed by atoms with E-state index in [0.29, 0.717) is 6.54 Å². The smallest absolute Gasteiger partial charge is 0.235 e. The van der Waals surface area contributed by atoms with Crippen molar-refractivity contribution in [2.75, 3.05) is 13.1 Å². The zero-order chi connectivity index (χ0) is 12.0. The van der Waals surface area contributed by atoms with Gasteiger partial charge in [-0.25, -0.2) is 0 Å². The quantitative estimate of drug-likeness (QED) is 0.626. The zero-order valence-corrected chi connectivity index (χ0v) is 9.70. The first-order valence-electron chi connectivity index (χ1n) is 5.09. The molecular weight excluding hydrogens is 226 g/mol. The third-order valence-corrected chi connectivity index (χ3v) is 2.49. The van der Waals surface area contributed by atoms with Crippen molar-refractivity contribution in [1.29, 1.82) is 0 Å². The standard InChI is InChI=1S/C11H16ClN3O/c12-9-3-1-8(2-4-9)5-6-15-7-10(13)11(14)16/h1-4,10,15H,5-7,13H2,(H2,14,16). The van der Waals surface area contributed by atoms with Crippen molar-refractivity contribution >= 4 is 17.5 Å². The number of nitrogens with one attached hydrogen (secondary N) is 1. The molecule has 1 atom stereocenters. The van der Waals surface area contributed by atoms with E-state index in [2.05, 4.69) is 5.32 Å². The lowest BCUT2D eigenvalue weighted by Gasteiger charge is -2.08. The highest BCUT2D eigenvalue weighted by molar-refractivity contribution is 6.30. The van der Waals surface area contributed by atoms with Crippen LogP contribution in [0.25, 0.3) is 0 Å². The van der Waals surface area contributed by atoms with Gasteiger partial charge in [0.2, 0.25) is 5.91 Å². The van der Waals surface area contributed by atoms with Gasteiger partial charge < -0.3 is 16.8 Å². The Balaban J connectivity index is 2.21. The van der Waals surface area contributed by atoms with Gasteiger partial charge in [-0.3, -0.25) is 4.79 Å². The molecule has 88 valence electrons. The lowest BCUT2D eigenvalue weighted by molar-refractivity contribution is -0.119. The first-order chi connectivity index (χ1) is 7.59. The van der Waals surface area contributed by atoms with E-state index < -0.39 is 11.9 Å². The molecule has 0 spiro atoms. The average molecular weight is 242 g/mol. The van der Waals surface area contributed by atoms with E-state index in [1.54, 1.807) is 0 Å². The van der Waals surface area contributed by atoms with Crippen molar-refractivity contribution in [3.8, 4) is 0 Å². The molecule has 0 bridgehead atoms. The summed E-state index contributed by atoms with van der Waals surface area (Å²) in [5.41, 5.74) is 11.7. The molecule has 0 saturated heterocycles. The molecule has 1 aromatic carbocycles. The van der Waals surface area contributed by atoms with Crippen molar-refractivity contribution in [2.24, 2.45) is 11.5 Å². The summed E-state index contributed by atoms with van der Waals surface area (Å²) in [5.74, 6) is -0.487. The topological polar surface area (TPSA) is 81.1 Å². The van der Waals surface area contributed by atoms with Crippen LogP contribution >= 0.6 is 11.6 Å². The second kappa shape index (κ2) is 6.48. The average Bonchev–Trinajstić information content (AvgIpc) is 2.26. The van der Waals surface area contributed by atoms with Gasteiger partial charge in [0.05, 0.1) is 6.04 Å². The number of hydrogen-bond acceptors (Lipinski definition) is 3. The van der Waals surface area contributed by atoms with Crippen molar-refractivity contribution in [3.05, 3.63) is 34.9 Å². The van der Waals surface area contributed by atoms with Crippen LogP contribution in [0.3, 0.4) is 0 Å². The summed E-state index contributed by atoms with van der Waals surface area (Å²) >= 11 is 5.77. The van der Waals surface area contributed by atoms with Crippen molar-refractivity contribution < 1.29 is 4.79 Å². The Morgan fingerprint density at radius 1 is 1.38 bits per heavy atom. The summed E-state index contributed by atoms with van der Waals surface area (Å²) in [5, 5.41) is 3.80. The third kappa shape index (κ3) is 4.61. The van der Waals surface area contributed by atoms with Crippen molar-refractivity contribution in [2.45, 2.75) is 12.5 Å². The maximum absolute atomic E-state index is 10.6. The molecule has 1 rings (SSSR count). The van der Waals surface area contributed by atoms with Crippen LogP contribution in [0.15, 0.2) is 24.3 Å². The Morgan fingerprint density at radius 3 is 2.56 bits per heavy atom. The van der Waals surface area contributed by atoms with Gasteiger partial charge in [-0.1, -0.05) is 23.7 Å². The maximum Gasteiger partial charge on any atom is 0.235 e. The van der Waals surface area contributed by atoms with Crippen LogP contribution in [0.5, 0.6) is 0 Å². The molecule has 1 amide bonds. The Kier molecular flexibility index (Phi) is 5.25. The lowest BCUT2D eigenvalue weighted by Crippen LogP contribution is -2.44. The second-order valence-corrected chi connectivity index (χ2v) is 4.03.